The van der Waals surface area contributed by atoms with Crippen LogP contribution in [0.2, 0.25) is 0 Å². The van der Waals surface area contributed by atoms with Crippen LogP contribution in [-0.2, 0) is 11.3 Å². The minimum absolute atomic E-state index is 0.691. The average Bonchev–Trinajstić information content (AvgIpc) is 2.41. The summed E-state index contributed by atoms with van der Waals surface area (Å²) in [6.07, 6.45) is 4.92. The molecule has 0 radical (unpaired) electrons. The van der Waals surface area contributed by atoms with Crippen LogP contribution in [0.25, 0.3) is 0 Å². The average molecular weight is 252 g/mol. The van der Waals surface area contributed by atoms with E-state index in [-0.39, 0.29) is 0 Å². The Morgan fingerprint density at radius 3 is 2.56 bits per heavy atom. The van der Waals surface area contributed by atoms with Gasteiger partial charge in [-0.1, -0.05) is 6.92 Å². The molecule has 1 heterocycles. The van der Waals surface area contributed by atoms with E-state index in [4.69, 9.17) is 4.74 Å². The molecule has 1 aromatic rings. The van der Waals surface area contributed by atoms with Crippen molar-refractivity contribution in [1.82, 2.24) is 15.3 Å². The van der Waals surface area contributed by atoms with E-state index >= 15 is 0 Å². The second kappa shape index (κ2) is 8.83. The molecule has 5 heteroatoms. The standard InChI is InChI=1S/C13H24N4O/c1-4-6-14-9-12-10-15-13(16-11-12)17(5-2)7-8-18-3/h10-11,14H,4-9H2,1-3H3. The molecular formula is C13H24N4O. The highest BCUT2D eigenvalue weighted by Gasteiger charge is 2.06. The zero-order valence-electron chi connectivity index (χ0n) is 11.6. The maximum Gasteiger partial charge on any atom is 0.225 e. The van der Waals surface area contributed by atoms with Crippen molar-refractivity contribution in [3.05, 3.63) is 18.0 Å². The summed E-state index contributed by atoms with van der Waals surface area (Å²) < 4.78 is 5.08. The van der Waals surface area contributed by atoms with Crippen molar-refractivity contribution in [3.63, 3.8) is 0 Å². The van der Waals surface area contributed by atoms with E-state index in [0.717, 1.165) is 44.1 Å². The Bertz CT molecular complexity index is 315. The summed E-state index contributed by atoms with van der Waals surface area (Å²) >= 11 is 0. The van der Waals surface area contributed by atoms with Gasteiger partial charge in [-0.25, -0.2) is 9.97 Å². The number of nitrogens with zero attached hydrogens (tertiary/aromatic N) is 3. The Labute approximate surface area is 110 Å². The normalized spacial score (nSPS) is 10.6. The molecule has 0 unspecified atom stereocenters. The van der Waals surface area contributed by atoms with Gasteiger partial charge in [0.2, 0.25) is 5.95 Å². The summed E-state index contributed by atoms with van der Waals surface area (Å²) in [5.74, 6) is 0.772. The Kier molecular flexibility index (Phi) is 7.29. The van der Waals surface area contributed by atoms with Crippen LogP contribution in [-0.4, -0.2) is 43.3 Å². The van der Waals surface area contributed by atoms with E-state index in [0.29, 0.717) is 6.61 Å². The lowest BCUT2D eigenvalue weighted by Gasteiger charge is -2.20. The number of hydrogen-bond donors (Lipinski definition) is 1. The highest BCUT2D eigenvalue weighted by Crippen LogP contribution is 2.06. The van der Waals surface area contributed by atoms with Crippen LogP contribution in [0.5, 0.6) is 0 Å². The Hall–Kier alpha value is -1.20. The van der Waals surface area contributed by atoms with Gasteiger partial charge in [-0.3, -0.25) is 0 Å². The number of rotatable bonds is 9. The Morgan fingerprint density at radius 1 is 1.28 bits per heavy atom. The molecule has 0 fully saturated rings. The van der Waals surface area contributed by atoms with Gasteiger partial charge in [0.15, 0.2) is 0 Å². The van der Waals surface area contributed by atoms with E-state index in [1.54, 1.807) is 7.11 Å². The van der Waals surface area contributed by atoms with Crippen LogP contribution < -0.4 is 10.2 Å². The number of nitrogens with one attached hydrogen (secondary N) is 1. The molecule has 0 bridgehead atoms. The summed E-state index contributed by atoms with van der Waals surface area (Å²) in [6.45, 7) is 8.50. The van der Waals surface area contributed by atoms with E-state index < -0.39 is 0 Å². The molecule has 1 aromatic heterocycles. The molecule has 0 spiro atoms. The maximum absolute atomic E-state index is 5.08. The topological polar surface area (TPSA) is 50.3 Å². The van der Waals surface area contributed by atoms with Gasteiger partial charge in [-0.05, 0) is 19.9 Å². The van der Waals surface area contributed by atoms with Gasteiger partial charge in [0.05, 0.1) is 6.61 Å². The summed E-state index contributed by atoms with van der Waals surface area (Å²) in [5, 5.41) is 3.33. The molecule has 0 atom stereocenters. The van der Waals surface area contributed by atoms with E-state index in [2.05, 4.69) is 34.0 Å². The van der Waals surface area contributed by atoms with Crippen LogP contribution in [0.1, 0.15) is 25.8 Å². The van der Waals surface area contributed by atoms with Gasteiger partial charge >= 0.3 is 0 Å². The third-order valence-corrected chi connectivity index (χ3v) is 2.68. The number of hydrogen-bond acceptors (Lipinski definition) is 5. The Balaban J connectivity index is 2.51. The smallest absolute Gasteiger partial charge is 0.225 e. The van der Waals surface area contributed by atoms with E-state index in [1.165, 1.54) is 0 Å². The van der Waals surface area contributed by atoms with Crippen molar-refractivity contribution >= 4 is 5.95 Å². The number of aromatic nitrogens is 2. The van der Waals surface area contributed by atoms with Gasteiger partial charge in [0, 0.05) is 44.7 Å². The highest BCUT2D eigenvalue weighted by atomic mass is 16.5. The van der Waals surface area contributed by atoms with Gasteiger partial charge < -0.3 is 15.0 Å². The first kappa shape index (κ1) is 14.9. The third-order valence-electron chi connectivity index (χ3n) is 2.68. The Morgan fingerprint density at radius 2 is 2.00 bits per heavy atom. The fraction of sp³-hybridized carbons (Fsp3) is 0.692. The van der Waals surface area contributed by atoms with Crippen LogP contribution >= 0.6 is 0 Å². The minimum Gasteiger partial charge on any atom is -0.383 e. The number of likely N-dealkylation sites (N-methyl/N-ethyl adjacent to an activating group) is 1. The van der Waals surface area contributed by atoms with Crippen molar-refractivity contribution < 1.29 is 4.74 Å². The van der Waals surface area contributed by atoms with Gasteiger partial charge in [0.1, 0.15) is 0 Å². The second-order valence-electron chi connectivity index (χ2n) is 4.14. The highest BCUT2D eigenvalue weighted by molar-refractivity contribution is 5.29. The van der Waals surface area contributed by atoms with Crippen LogP contribution in [0.15, 0.2) is 12.4 Å². The molecule has 1 N–H and O–H groups in total. The number of ether oxygens (including phenoxy) is 1. The van der Waals surface area contributed by atoms with Crippen LogP contribution in [0.3, 0.4) is 0 Å². The number of methoxy groups -OCH3 is 1. The molecule has 0 amide bonds. The van der Waals surface area contributed by atoms with E-state index in [1.807, 2.05) is 12.4 Å². The predicted molar refractivity (Wildman–Crippen MR) is 73.8 cm³/mol. The van der Waals surface area contributed by atoms with Gasteiger partial charge in [-0.15, -0.1) is 0 Å². The van der Waals surface area contributed by atoms with Gasteiger partial charge in [0.25, 0.3) is 0 Å². The monoisotopic (exact) mass is 252 g/mol. The van der Waals surface area contributed by atoms with Crippen molar-refractivity contribution in [3.8, 4) is 0 Å². The molecule has 0 aliphatic heterocycles. The summed E-state index contributed by atoms with van der Waals surface area (Å²) in [5.41, 5.74) is 1.12. The molecule has 1 rings (SSSR count). The first-order valence-electron chi connectivity index (χ1n) is 6.57. The first-order chi connectivity index (χ1) is 8.81. The molecule has 0 aliphatic carbocycles. The first-order valence-corrected chi connectivity index (χ1v) is 6.57. The lowest BCUT2D eigenvalue weighted by molar-refractivity contribution is 0.205. The van der Waals surface area contributed by atoms with Crippen molar-refractivity contribution in [2.24, 2.45) is 0 Å². The minimum atomic E-state index is 0.691. The van der Waals surface area contributed by atoms with E-state index in [9.17, 15) is 0 Å². The molecule has 0 saturated carbocycles. The maximum atomic E-state index is 5.08. The second-order valence-corrected chi connectivity index (χ2v) is 4.14. The van der Waals surface area contributed by atoms with Crippen molar-refractivity contribution in [2.75, 3.05) is 38.3 Å². The van der Waals surface area contributed by atoms with Crippen molar-refractivity contribution in [1.29, 1.82) is 0 Å². The fourth-order valence-electron chi connectivity index (χ4n) is 1.61. The molecule has 102 valence electrons. The van der Waals surface area contributed by atoms with Crippen molar-refractivity contribution in [2.45, 2.75) is 26.8 Å². The predicted octanol–water partition coefficient (Wildman–Crippen LogP) is 1.45. The molecule has 18 heavy (non-hydrogen) atoms. The quantitative estimate of drug-likeness (QED) is 0.674. The molecule has 0 aliphatic rings. The third kappa shape index (κ3) is 4.98. The number of anilines is 1. The summed E-state index contributed by atoms with van der Waals surface area (Å²) in [6, 6.07) is 0. The fourth-order valence-corrected chi connectivity index (χ4v) is 1.61. The summed E-state index contributed by atoms with van der Waals surface area (Å²) in [7, 11) is 1.71. The lowest BCUT2D eigenvalue weighted by Crippen LogP contribution is -2.28. The lowest BCUT2D eigenvalue weighted by atomic mass is 10.3. The molecule has 0 saturated heterocycles. The van der Waals surface area contributed by atoms with Crippen LogP contribution in [0.4, 0.5) is 5.95 Å². The summed E-state index contributed by atoms with van der Waals surface area (Å²) in [4.78, 5) is 10.9. The molecule has 5 nitrogen and oxygen atoms in total. The molecule has 0 aromatic carbocycles. The zero-order chi connectivity index (χ0) is 13.2. The van der Waals surface area contributed by atoms with Gasteiger partial charge in [-0.2, -0.15) is 0 Å². The van der Waals surface area contributed by atoms with Crippen LogP contribution in [0, 0.1) is 0 Å². The SMILES string of the molecule is CCCNCc1cnc(N(CC)CCOC)nc1. The molecular weight excluding hydrogens is 228 g/mol. The zero-order valence-corrected chi connectivity index (χ0v) is 11.6. The largest absolute Gasteiger partial charge is 0.383 e.